The van der Waals surface area contributed by atoms with Crippen molar-refractivity contribution in [2.75, 3.05) is 23.3 Å². The molecule has 1 N–H and O–H groups in total. The highest BCUT2D eigenvalue weighted by Gasteiger charge is 2.24. The van der Waals surface area contributed by atoms with Gasteiger partial charge in [-0.15, -0.1) is 0 Å². The molecule has 1 aliphatic rings. The van der Waals surface area contributed by atoms with E-state index >= 15 is 0 Å². The number of carbonyl (C=O) groups is 1. The number of nitrogens with zero attached hydrogens (tertiary/aromatic N) is 1. The normalized spacial score (nSPS) is 15.7. The molecule has 0 radical (unpaired) electrons. The summed E-state index contributed by atoms with van der Waals surface area (Å²) >= 11 is 3.27. The molecule has 0 saturated carbocycles. The zero-order valence-corrected chi connectivity index (χ0v) is 12.8. The fraction of sp³-hybridized carbons (Fsp3) is 0.500. The number of carbonyl (C=O) groups excluding carboxylic acids is 1. The molecule has 0 bridgehead atoms. The number of hydrogen-bond acceptors (Lipinski definition) is 2. The molecular formula is C14H18BrFN2O. The van der Waals surface area contributed by atoms with Crippen molar-refractivity contribution < 1.29 is 9.18 Å². The molecule has 104 valence electrons. The van der Waals surface area contributed by atoms with Crippen LogP contribution in [-0.2, 0) is 4.79 Å². The third-order valence-electron chi connectivity index (χ3n) is 3.19. The van der Waals surface area contributed by atoms with E-state index in [1.165, 1.54) is 6.07 Å². The number of halogens is 2. The zero-order valence-electron chi connectivity index (χ0n) is 11.2. The van der Waals surface area contributed by atoms with E-state index in [4.69, 9.17) is 0 Å². The van der Waals surface area contributed by atoms with Crippen LogP contribution in [0.5, 0.6) is 0 Å². The van der Waals surface area contributed by atoms with Gasteiger partial charge >= 0.3 is 0 Å². The molecule has 0 atom stereocenters. The van der Waals surface area contributed by atoms with Crippen molar-refractivity contribution in [3.05, 3.63) is 24.0 Å². The average Bonchev–Trinajstić information content (AvgIpc) is 2.81. The molecule has 0 unspecified atom stereocenters. The maximum atomic E-state index is 14.0. The zero-order chi connectivity index (χ0) is 14.0. The molecule has 19 heavy (non-hydrogen) atoms. The summed E-state index contributed by atoms with van der Waals surface area (Å²) in [6.07, 6.45) is 2.21. The van der Waals surface area contributed by atoms with Gasteiger partial charge in [-0.25, -0.2) is 4.39 Å². The van der Waals surface area contributed by atoms with Gasteiger partial charge in [0.15, 0.2) is 0 Å². The number of benzene rings is 1. The molecule has 1 fully saturated rings. The Hall–Kier alpha value is -1.10. The number of rotatable bonds is 3. The summed E-state index contributed by atoms with van der Waals surface area (Å²) in [5.41, 5.74) is 1.10. The van der Waals surface area contributed by atoms with Crippen molar-refractivity contribution in [1.82, 2.24) is 0 Å². The second-order valence-electron chi connectivity index (χ2n) is 5.29. The molecule has 1 aromatic rings. The highest BCUT2D eigenvalue weighted by Crippen LogP contribution is 2.27. The lowest BCUT2D eigenvalue weighted by atomic mass is 10.2. The quantitative estimate of drug-likeness (QED) is 0.861. The first kappa shape index (κ1) is 14.3. The van der Waals surface area contributed by atoms with Crippen molar-refractivity contribution in [3.8, 4) is 0 Å². The summed E-state index contributed by atoms with van der Waals surface area (Å²) in [7, 11) is 0. The maximum absolute atomic E-state index is 14.0. The minimum atomic E-state index is -0.670. The van der Waals surface area contributed by atoms with Gasteiger partial charge in [-0.3, -0.25) is 4.79 Å². The SMILES string of the molecule is CC(C)(Br)C(=O)Nc1ccc(N2CCCC2)c(F)c1. The molecule has 0 aromatic heterocycles. The third-order valence-corrected chi connectivity index (χ3v) is 3.55. The van der Waals surface area contributed by atoms with E-state index in [2.05, 4.69) is 21.2 Å². The molecule has 0 spiro atoms. The summed E-state index contributed by atoms with van der Waals surface area (Å²) in [6.45, 7) is 5.29. The molecule has 2 rings (SSSR count). The van der Waals surface area contributed by atoms with Crippen LogP contribution in [0.3, 0.4) is 0 Å². The first-order chi connectivity index (χ1) is 8.88. The van der Waals surface area contributed by atoms with Gasteiger partial charge in [0.2, 0.25) is 5.91 Å². The van der Waals surface area contributed by atoms with Gasteiger partial charge in [0.05, 0.1) is 10.0 Å². The Balaban J connectivity index is 2.12. The first-order valence-corrected chi connectivity index (χ1v) is 7.22. The van der Waals surface area contributed by atoms with Gasteiger partial charge in [-0.05, 0) is 44.9 Å². The van der Waals surface area contributed by atoms with E-state index in [1.54, 1.807) is 26.0 Å². The summed E-state index contributed by atoms with van der Waals surface area (Å²) in [6, 6.07) is 4.86. The molecule has 3 nitrogen and oxygen atoms in total. The summed E-state index contributed by atoms with van der Waals surface area (Å²) < 4.78 is 13.4. The Morgan fingerprint density at radius 1 is 1.37 bits per heavy atom. The van der Waals surface area contributed by atoms with Crippen LogP contribution >= 0.6 is 15.9 Å². The minimum Gasteiger partial charge on any atom is -0.369 e. The van der Waals surface area contributed by atoms with Crippen molar-refractivity contribution in [2.24, 2.45) is 0 Å². The van der Waals surface area contributed by atoms with Gasteiger partial charge < -0.3 is 10.2 Å². The number of alkyl halides is 1. The summed E-state index contributed by atoms with van der Waals surface area (Å²) in [5, 5.41) is 2.70. The molecule has 1 aliphatic heterocycles. The van der Waals surface area contributed by atoms with E-state index in [1.807, 2.05) is 4.90 Å². The molecular weight excluding hydrogens is 311 g/mol. The van der Waals surface area contributed by atoms with Gasteiger partial charge in [0, 0.05) is 18.8 Å². The number of anilines is 2. The molecule has 1 amide bonds. The molecule has 5 heteroatoms. The molecule has 1 aromatic carbocycles. The van der Waals surface area contributed by atoms with Gasteiger partial charge in [-0.1, -0.05) is 15.9 Å². The number of amides is 1. The minimum absolute atomic E-state index is 0.194. The van der Waals surface area contributed by atoms with E-state index < -0.39 is 4.32 Å². The predicted octanol–water partition coefficient (Wildman–Crippen LogP) is 3.54. The molecule has 0 aliphatic carbocycles. The van der Waals surface area contributed by atoms with Gasteiger partial charge in [0.25, 0.3) is 0 Å². The highest BCUT2D eigenvalue weighted by atomic mass is 79.9. The van der Waals surface area contributed by atoms with Crippen LogP contribution in [0.4, 0.5) is 15.8 Å². The fourth-order valence-electron chi connectivity index (χ4n) is 2.08. The second kappa shape index (κ2) is 5.49. The van der Waals surface area contributed by atoms with Crippen LogP contribution in [0.1, 0.15) is 26.7 Å². The standard InChI is InChI=1S/C14H18BrFN2O/c1-14(2,15)13(19)17-10-5-6-12(11(16)9-10)18-7-3-4-8-18/h5-6,9H,3-4,7-8H2,1-2H3,(H,17,19). The maximum Gasteiger partial charge on any atom is 0.240 e. The van der Waals surface area contributed by atoms with Crippen LogP contribution < -0.4 is 10.2 Å². The second-order valence-corrected chi connectivity index (χ2v) is 7.27. The van der Waals surface area contributed by atoms with E-state index in [-0.39, 0.29) is 11.7 Å². The monoisotopic (exact) mass is 328 g/mol. The van der Waals surface area contributed by atoms with Crippen LogP contribution in [0, 0.1) is 5.82 Å². The lowest BCUT2D eigenvalue weighted by Crippen LogP contribution is -2.31. The van der Waals surface area contributed by atoms with Crippen LogP contribution in [-0.4, -0.2) is 23.3 Å². The van der Waals surface area contributed by atoms with Crippen LogP contribution in [0.25, 0.3) is 0 Å². The first-order valence-electron chi connectivity index (χ1n) is 6.43. The largest absolute Gasteiger partial charge is 0.369 e. The van der Waals surface area contributed by atoms with Crippen molar-refractivity contribution in [2.45, 2.75) is 31.0 Å². The van der Waals surface area contributed by atoms with Crippen molar-refractivity contribution in [1.29, 1.82) is 0 Å². The Kier molecular flexibility index (Phi) is 4.13. The van der Waals surface area contributed by atoms with Crippen LogP contribution in [0.2, 0.25) is 0 Å². The number of hydrogen-bond donors (Lipinski definition) is 1. The molecule has 1 saturated heterocycles. The Morgan fingerprint density at radius 3 is 2.53 bits per heavy atom. The Bertz CT molecular complexity index is 479. The summed E-state index contributed by atoms with van der Waals surface area (Å²) in [5.74, 6) is -0.479. The molecule has 1 heterocycles. The van der Waals surface area contributed by atoms with Crippen molar-refractivity contribution in [3.63, 3.8) is 0 Å². The number of nitrogens with one attached hydrogen (secondary N) is 1. The highest BCUT2D eigenvalue weighted by molar-refractivity contribution is 9.10. The van der Waals surface area contributed by atoms with Crippen LogP contribution in [0.15, 0.2) is 18.2 Å². The smallest absolute Gasteiger partial charge is 0.240 e. The van der Waals surface area contributed by atoms with Crippen molar-refractivity contribution >= 4 is 33.2 Å². The topological polar surface area (TPSA) is 32.3 Å². The van der Waals surface area contributed by atoms with E-state index in [0.29, 0.717) is 11.4 Å². The average molecular weight is 329 g/mol. The van der Waals surface area contributed by atoms with Gasteiger partial charge in [0.1, 0.15) is 5.82 Å². The lowest BCUT2D eigenvalue weighted by Gasteiger charge is -2.20. The van der Waals surface area contributed by atoms with Gasteiger partial charge in [-0.2, -0.15) is 0 Å². The summed E-state index contributed by atoms with van der Waals surface area (Å²) in [4.78, 5) is 13.8. The fourth-order valence-corrected chi connectivity index (χ4v) is 2.18. The van der Waals surface area contributed by atoms with E-state index in [0.717, 1.165) is 25.9 Å². The predicted molar refractivity (Wildman–Crippen MR) is 79.5 cm³/mol. The Morgan fingerprint density at radius 2 is 2.00 bits per heavy atom. The van der Waals surface area contributed by atoms with E-state index in [9.17, 15) is 9.18 Å². The lowest BCUT2D eigenvalue weighted by molar-refractivity contribution is -0.117. The third kappa shape index (κ3) is 3.47. The Labute approximate surface area is 121 Å².